The van der Waals surface area contributed by atoms with Crippen LogP contribution in [0.2, 0.25) is 0 Å². The predicted octanol–water partition coefficient (Wildman–Crippen LogP) is 4.56. The van der Waals surface area contributed by atoms with Crippen LogP contribution in [-0.2, 0) is 6.54 Å². The van der Waals surface area contributed by atoms with Gasteiger partial charge in [-0.05, 0) is 26.0 Å². The second-order valence-electron chi connectivity index (χ2n) is 7.21. The molecule has 2 N–H and O–H groups in total. The highest BCUT2D eigenvalue weighted by Crippen LogP contribution is 2.29. The van der Waals surface area contributed by atoms with Crippen LogP contribution in [0, 0.1) is 0 Å². The van der Waals surface area contributed by atoms with Gasteiger partial charge in [-0.15, -0.1) is 0 Å². The largest absolute Gasteiger partial charge is 0.361 e. The monoisotopic (exact) mass is 383 g/mol. The van der Waals surface area contributed by atoms with Gasteiger partial charge in [0.25, 0.3) is 0 Å². The second-order valence-corrected chi connectivity index (χ2v) is 7.21. The van der Waals surface area contributed by atoms with E-state index in [1.807, 2.05) is 42.5 Å². The van der Waals surface area contributed by atoms with Crippen molar-refractivity contribution in [3.63, 3.8) is 0 Å². The zero-order valence-electron chi connectivity index (χ0n) is 16.3. The first-order valence-electron chi connectivity index (χ1n) is 9.66. The summed E-state index contributed by atoms with van der Waals surface area (Å²) in [5.74, 6) is 2.44. The predicted molar refractivity (Wildman–Crippen MR) is 115 cm³/mol. The minimum atomic E-state index is 0.216. The number of anilines is 1. The lowest BCUT2D eigenvalue weighted by atomic mass is 10.2. The summed E-state index contributed by atoms with van der Waals surface area (Å²) in [4.78, 5) is 21.8. The number of H-pyrrole nitrogens is 1. The summed E-state index contributed by atoms with van der Waals surface area (Å²) >= 11 is 0. The molecule has 0 atom stereocenters. The molecule has 7 nitrogen and oxygen atoms in total. The molecule has 0 saturated carbocycles. The molecule has 7 heteroatoms. The number of hydrogen-bond donors (Lipinski definition) is 2. The molecule has 0 unspecified atom stereocenters. The third-order valence-corrected chi connectivity index (χ3v) is 4.89. The zero-order chi connectivity index (χ0) is 19.8. The lowest BCUT2D eigenvalue weighted by Crippen LogP contribution is -2.06. The molecule has 0 bridgehead atoms. The van der Waals surface area contributed by atoms with E-state index < -0.39 is 0 Å². The SMILES string of the molecule is CC(C)n1c(-c2ccccc2)nc2c(NCc3nc4ccccc4[nH]3)ncnc21. The van der Waals surface area contributed by atoms with Gasteiger partial charge in [0.05, 0.1) is 17.6 Å². The summed E-state index contributed by atoms with van der Waals surface area (Å²) in [7, 11) is 0. The molecule has 0 aliphatic heterocycles. The Balaban J connectivity index is 1.54. The fraction of sp³-hybridized carbons (Fsp3) is 0.182. The molecule has 3 aromatic heterocycles. The molecular formula is C22H21N7. The highest BCUT2D eigenvalue weighted by Gasteiger charge is 2.19. The number of para-hydroxylation sites is 2. The van der Waals surface area contributed by atoms with Crippen LogP contribution in [0.15, 0.2) is 60.9 Å². The highest BCUT2D eigenvalue weighted by atomic mass is 15.2. The van der Waals surface area contributed by atoms with Gasteiger partial charge in [0.1, 0.15) is 18.0 Å². The Morgan fingerprint density at radius 1 is 0.966 bits per heavy atom. The third-order valence-electron chi connectivity index (χ3n) is 4.89. The average Bonchev–Trinajstić information content (AvgIpc) is 3.34. The quantitative estimate of drug-likeness (QED) is 0.465. The van der Waals surface area contributed by atoms with Crippen molar-refractivity contribution in [1.29, 1.82) is 0 Å². The maximum absolute atomic E-state index is 4.90. The highest BCUT2D eigenvalue weighted by molar-refractivity contribution is 5.86. The van der Waals surface area contributed by atoms with Crippen LogP contribution in [-0.4, -0.2) is 29.5 Å². The minimum absolute atomic E-state index is 0.216. The normalized spacial score (nSPS) is 11.6. The van der Waals surface area contributed by atoms with Crippen molar-refractivity contribution in [3.8, 4) is 11.4 Å². The first kappa shape index (κ1) is 17.4. The summed E-state index contributed by atoms with van der Waals surface area (Å²) < 4.78 is 2.15. The van der Waals surface area contributed by atoms with Crippen molar-refractivity contribution in [3.05, 3.63) is 66.7 Å². The van der Waals surface area contributed by atoms with E-state index in [0.29, 0.717) is 12.4 Å². The fourth-order valence-electron chi connectivity index (χ4n) is 3.57. The zero-order valence-corrected chi connectivity index (χ0v) is 16.3. The summed E-state index contributed by atoms with van der Waals surface area (Å²) in [5, 5.41) is 3.38. The average molecular weight is 383 g/mol. The summed E-state index contributed by atoms with van der Waals surface area (Å²) in [6, 6.07) is 18.4. The number of benzene rings is 2. The lowest BCUT2D eigenvalue weighted by molar-refractivity contribution is 0.619. The number of aromatic amines is 1. The Hall–Kier alpha value is -3.74. The van der Waals surface area contributed by atoms with Crippen LogP contribution in [0.5, 0.6) is 0 Å². The number of nitrogens with zero attached hydrogens (tertiary/aromatic N) is 5. The first-order chi connectivity index (χ1) is 14.2. The van der Waals surface area contributed by atoms with Crippen LogP contribution >= 0.6 is 0 Å². The maximum atomic E-state index is 4.90. The Morgan fingerprint density at radius 2 is 1.76 bits per heavy atom. The van der Waals surface area contributed by atoms with Crippen LogP contribution in [0.4, 0.5) is 5.82 Å². The standard InChI is InChI=1S/C22H21N7/c1-14(2)29-21(15-8-4-3-5-9-15)28-19-20(24-13-25-22(19)29)23-12-18-26-16-10-6-7-11-17(16)27-18/h3-11,13-14H,12H2,1-2H3,(H,26,27)(H,23,24,25). The second kappa shape index (κ2) is 7.01. The Bertz CT molecular complexity index is 1250. The van der Waals surface area contributed by atoms with E-state index in [4.69, 9.17) is 4.98 Å². The van der Waals surface area contributed by atoms with Gasteiger partial charge in [-0.2, -0.15) is 0 Å². The van der Waals surface area contributed by atoms with Gasteiger partial charge in [-0.1, -0.05) is 42.5 Å². The number of hydrogen-bond acceptors (Lipinski definition) is 5. The van der Waals surface area contributed by atoms with Gasteiger partial charge in [0, 0.05) is 11.6 Å². The molecule has 0 radical (unpaired) electrons. The van der Waals surface area contributed by atoms with Crippen molar-refractivity contribution < 1.29 is 0 Å². The fourth-order valence-corrected chi connectivity index (χ4v) is 3.57. The Labute approximate surface area is 167 Å². The molecule has 0 amide bonds. The number of imidazole rings is 2. The lowest BCUT2D eigenvalue weighted by Gasteiger charge is -2.12. The molecule has 2 aromatic carbocycles. The number of nitrogens with one attached hydrogen (secondary N) is 2. The van der Waals surface area contributed by atoms with E-state index in [-0.39, 0.29) is 6.04 Å². The van der Waals surface area contributed by atoms with Crippen LogP contribution in [0.3, 0.4) is 0 Å². The number of aromatic nitrogens is 6. The molecule has 0 spiro atoms. The molecule has 0 fully saturated rings. The maximum Gasteiger partial charge on any atom is 0.166 e. The van der Waals surface area contributed by atoms with Gasteiger partial charge in [-0.3, -0.25) is 0 Å². The number of fused-ring (bicyclic) bond motifs is 2. The van der Waals surface area contributed by atoms with E-state index in [1.165, 1.54) is 0 Å². The molecule has 0 aliphatic carbocycles. The molecular weight excluding hydrogens is 362 g/mol. The summed E-state index contributed by atoms with van der Waals surface area (Å²) in [5.41, 5.74) is 4.61. The molecule has 144 valence electrons. The molecule has 0 saturated heterocycles. The van der Waals surface area contributed by atoms with Gasteiger partial charge in [0.15, 0.2) is 17.0 Å². The van der Waals surface area contributed by atoms with Crippen LogP contribution in [0.25, 0.3) is 33.6 Å². The Kier molecular flexibility index (Phi) is 4.20. The van der Waals surface area contributed by atoms with Crippen LogP contribution < -0.4 is 5.32 Å². The molecule has 3 heterocycles. The Morgan fingerprint density at radius 3 is 2.55 bits per heavy atom. The molecule has 0 aliphatic rings. The van der Waals surface area contributed by atoms with Crippen molar-refractivity contribution in [1.82, 2.24) is 29.5 Å². The van der Waals surface area contributed by atoms with Crippen LogP contribution in [0.1, 0.15) is 25.7 Å². The van der Waals surface area contributed by atoms with E-state index in [0.717, 1.165) is 39.4 Å². The van der Waals surface area contributed by atoms with Crippen molar-refractivity contribution in [2.75, 3.05) is 5.32 Å². The van der Waals surface area contributed by atoms with Crippen molar-refractivity contribution in [2.45, 2.75) is 26.4 Å². The topological polar surface area (TPSA) is 84.3 Å². The number of rotatable bonds is 5. The third kappa shape index (κ3) is 3.10. The van der Waals surface area contributed by atoms with Gasteiger partial charge < -0.3 is 14.9 Å². The first-order valence-corrected chi connectivity index (χ1v) is 9.66. The van der Waals surface area contributed by atoms with Gasteiger partial charge >= 0.3 is 0 Å². The smallest absolute Gasteiger partial charge is 0.166 e. The van der Waals surface area contributed by atoms with Crippen molar-refractivity contribution >= 4 is 28.0 Å². The van der Waals surface area contributed by atoms with Crippen molar-refractivity contribution in [2.24, 2.45) is 0 Å². The molecule has 5 rings (SSSR count). The van der Waals surface area contributed by atoms with E-state index in [1.54, 1.807) is 6.33 Å². The molecule has 29 heavy (non-hydrogen) atoms. The minimum Gasteiger partial charge on any atom is -0.361 e. The van der Waals surface area contributed by atoms with E-state index in [9.17, 15) is 0 Å². The van der Waals surface area contributed by atoms with E-state index >= 15 is 0 Å². The van der Waals surface area contributed by atoms with Gasteiger partial charge in [0.2, 0.25) is 0 Å². The van der Waals surface area contributed by atoms with Gasteiger partial charge in [-0.25, -0.2) is 19.9 Å². The molecule has 5 aromatic rings. The van der Waals surface area contributed by atoms with E-state index in [2.05, 4.69) is 55.8 Å². The summed E-state index contributed by atoms with van der Waals surface area (Å²) in [6.45, 7) is 4.80. The summed E-state index contributed by atoms with van der Waals surface area (Å²) in [6.07, 6.45) is 1.58.